The molecule has 45 heavy (non-hydrogen) atoms. The van der Waals surface area contributed by atoms with Crippen LogP contribution in [0.2, 0.25) is 0 Å². The Labute approximate surface area is 264 Å². The first-order valence-corrected chi connectivity index (χ1v) is 16.4. The minimum atomic E-state index is -0.985. The fourth-order valence-electron chi connectivity index (χ4n) is 7.52. The van der Waals surface area contributed by atoms with Crippen molar-refractivity contribution in [1.82, 2.24) is 25.3 Å². The number of nitrogens with one attached hydrogen (secondary N) is 3. The topological polar surface area (TPSA) is 135 Å². The van der Waals surface area contributed by atoms with Crippen molar-refractivity contribution in [3.63, 3.8) is 0 Å². The van der Waals surface area contributed by atoms with E-state index in [4.69, 9.17) is 4.74 Å². The Morgan fingerprint density at radius 1 is 1.02 bits per heavy atom. The van der Waals surface area contributed by atoms with E-state index in [0.717, 1.165) is 50.5 Å². The third-order valence-electron chi connectivity index (χ3n) is 11.0. The Kier molecular flexibility index (Phi) is 8.39. The average molecular weight is 619 g/mol. The van der Waals surface area contributed by atoms with Crippen LogP contribution in [0, 0.1) is 23.2 Å². The molecule has 6 rings (SSSR count). The first-order chi connectivity index (χ1) is 21.5. The molecule has 4 amide bonds. The summed E-state index contributed by atoms with van der Waals surface area (Å²) in [6, 6.07) is 8.34. The van der Waals surface area contributed by atoms with Gasteiger partial charge in [-0.15, -0.1) is 0 Å². The molecule has 1 saturated heterocycles. The van der Waals surface area contributed by atoms with Gasteiger partial charge in [-0.05, 0) is 86.0 Å². The van der Waals surface area contributed by atoms with Crippen LogP contribution < -0.4 is 16.0 Å². The zero-order valence-corrected chi connectivity index (χ0v) is 26.8. The Balaban J connectivity index is 1.28. The van der Waals surface area contributed by atoms with Crippen molar-refractivity contribution >= 4 is 29.5 Å². The largest absolute Gasteiger partial charge is 0.453 e. The van der Waals surface area contributed by atoms with Crippen LogP contribution in [0.1, 0.15) is 81.3 Å². The number of nitrogens with zero attached hydrogens (tertiary/aromatic N) is 3. The molecule has 1 aliphatic heterocycles. The molecule has 1 aromatic carbocycles. The summed E-state index contributed by atoms with van der Waals surface area (Å²) in [4.78, 5) is 55.7. The van der Waals surface area contributed by atoms with Crippen LogP contribution in [0.5, 0.6) is 0 Å². The average Bonchev–Trinajstić information content (AvgIpc) is 3.89. The third kappa shape index (κ3) is 6.18. The van der Waals surface area contributed by atoms with Crippen molar-refractivity contribution in [1.29, 1.82) is 0 Å². The number of hydrogen-bond donors (Lipinski definition) is 3. The molecule has 3 aliphatic carbocycles. The monoisotopic (exact) mass is 618 g/mol. The summed E-state index contributed by atoms with van der Waals surface area (Å²) in [7, 11) is 3.05. The molecule has 11 nitrogen and oxygen atoms in total. The first-order valence-electron chi connectivity index (χ1n) is 16.4. The van der Waals surface area contributed by atoms with Gasteiger partial charge in [0.15, 0.2) is 0 Å². The Bertz CT molecular complexity index is 1460. The van der Waals surface area contributed by atoms with E-state index in [1.807, 2.05) is 31.2 Å². The van der Waals surface area contributed by atoms with E-state index in [1.165, 1.54) is 11.8 Å². The molecule has 4 atom stereocenters. The summed E-state index contributed by atoms with van der Waals surface area (Å²) in [6.07, 6.45) is 9.04. The van der Waals surface area contributed by atoms with Crippen molar-refractivity contribution in [3.05, 3.63) is 47.8 Å². The van der Waals surface area contributed by atoms with Gasteiger partial charge in [0.1, 0.15) is 11.7 Å². The van der Waals surface area contributed by atoms with E-state index in [9.17, 15) is 19.2 Å². The van der Waals surface area contributed by atoms with Gasteiger partial charge >= 0.3 is 6.09 Å². The van der Waals surface area contributed by atoms with E-state index in [-0.39, 0.29) is 41.6 Å². The molecule has 4 fully saturated rings. The lowest BCUT2D eigenvalue weighted by atomic mass is 9.66. The number of methoxy groups -OCH3 is 1. The van der Waals surface area contributed by atoms with Crippen LogP contribution in [0.4, 0.5) is 10.5 Å². The van der Waals surface area contributed by atoms with Gasteiger partial charge < -0.3 is 25.6 Å². The predicted octanol–water partition coefficient (Wildman–Crippen LogP) is 4.00. The lowest BCUT2D eigenvalue weighted by Crippen LogP contribution is -2.54. The molecular weight excluding hydrogens is 572 g/mol. The summed E-state index contributed by atoms with van der Waals surface area (Å²) < 4.78 is 6.50. The van der Waals surface area contributed by atoms with Gasteiger partial charge in [-0.3, -0.25) is 19.1 Å². The van der Waals surface area contributed by atoms with E-state index in [1.54, 1.807) is 24.2 Å². The molecule has 0 bridgehead atoms. The van der Waals surface area contributed by atoms with Gasteiger partial charge in [-0.25, -0.2) is 4.79 Å². The number of hydrogen-bond acceptors (Lipinski definition) is 6. The zero-order valence-electron chi connectivity index (χ0n) is 26.8. The summed E-state index contributed by atoms with van der Waals surface area (Å²) in [5, 5.41) is 13.6. The lowest BCUT2D eigenvalue weighted by Gasteiger charge is -2.42. The number of anilines is 1. The smallest absolute Gasteiger partial charge is 0.409 e. The van der Waals surface area contributed by atoms with E-state index in [0.29, 0.717) is 36.2 Å². The second-order valence-electron chi connectivity index (χ2n) is 14.1. The minimum absolute atomic E-state index is 0.00370. The lowest BCUT2D eigenvalue weighted by molar-refractivity contribution is -0.127. The fraction of sp³-hybridized carbons (Fsp3) is 0.618. The molecule has 2 heterocycles. The third-order valence-corrected chi connectivity index (χ3v) is 11.0. The van der Waals surface area contributed by atoms with Gasteiger partial charge in [0, 0.05) is 38.1 Å². The van der Waals surface area contributed by atoms with Crippen LogP contribution in [0.15, 0.2) is 36.5 Å². The fourth-order valence-corrected chi connectivity index (χ4v) is 7.52. The number of ether oxygens (including phenoxy) is 1. The van der Waals surface area contributed by atoms with Gasteiger partial charge in [0.25, 0.3) is 5.91 Å². The van der Waals surface area contributed by atoms with Crippen LogP contribution in [-0.4, -0.2) is 70.8 Å². The summed E-state index contributed by atoms with van der Waals surface area (Å²) in [6.45, 7) is 4.83. The first kappa shape index (κ1) is 31.1. The number of rotatable bonds is 11. The second-order valence-corrected chi connectivity index (χ2v) is 14.1. The maximum atomic E-state index is 14.2. The zero-order chi connectivity index (χ0) is 31.9. The van der Waals surface area contributed by atoms with Crippen LogP contribution in [-0.2, 0) is 26.8 Å². The highest BCUT2D eigenvalue weighted by Gasteiger charge is 2.54. The molecule has 2 aromatic rings. The minimum Gasteiger partial charge on any atom is -0.453 e. The highest BCUT2D eigenvalue weighted by Crippen LogP contribution is 2.58. The molecule has 1 aromatic heterocycles. The molecule has 11 heteroatoms. The number of carbonyl (C=O) groups is 4. The Hall–Kier alpha value is -3.89. The molecule has 3 N–H and O–H groups in total. The van der Waals surface area contributed by atoms with Crippen LogP contribution in [0.3, 0.4) is 0 Å². The standard InChI is InChI=1S/C34H46N6O5/c1-21(22-11-12-22)36-31(43)34(16-18-40(20-34)32(44)45-4)24-9-6-10-25(19-24)37-30(42)28(38-29(41)26-13-17-35-39(26)3)27(23-7-5-8-23)33(2)14-15-33/h6,9-10,13,17,19,21-23,27-28H,5,7-8,11-12,14-16,18,20H2,1-4H3,(H,36,43)(H,37,42)(H,38,41)/t21?,27?,28-,34?/m0/s1. The van der Waals surface area contributed by atoms with Gasteiger partial charge in [-0.2, -0.15) is 5.10 Å². The van der Waals surface area contributed by atoms with Crippen molar-refractivity contribution in [2.24, 2.45) is 30.2 Å². The number of carbonyl (C=O) groups excluding carboxylic acids is 4. The van der Waals surface area contributed by atoms with E-state index < -0.39 is 17.6 Å². The molecule has 242 valence electrons. The Morgan fingerprint density at radius 2 is 1.78 bits per heavy atom. The van der Waals surface area contributed by atoms with Crippen molar-refractivity contribution in [2.75, 3.05) is 25.5 Å². The highest BCUT2D eigenvalue weighted by atomic mass is 16.5. The van der Waals surface area contributed by atoms with Gasteiger partial charge in [0.05, 0.1) is 12.5 Å². The molecule has 0 spiro atoms. The van der Waals surface area contributed by atoms with Crippen LogP contribution >= 0.6 is 0 Å². The molecule has 4 aliphatic rings. The maximum Gasteiger partial charge on any atom is 0.409 e. The van der Waals surface area contributed by atoms with Crippen molar-refractivity contribution < 1.29 is 23.9 Å². The summed E-state index contributed by atoms with van der Waals surface area (Å²) in [5.74, 6) is 0.142. The number of aryl methyl sites for hydroxylation is 1. The van der Waals surface area contributed by atoms with E-state index >= 15 is 0 Å². The van der Waals surface area contributed by atoms with Crippen molar-refractivity contribution in [2.45, 2.75) is 82.7 Å². The normalized spacial score (nSPS) is 24.1. The quantitative estimate of drug-likeness (QED) is 0.349. The molecule has 0 radical (unpaired) electrons. The second kappa shape index (κ2) is 12.1. The number of likely N-dealkylation sites (tertiary alicyclic amines) is 1. The number of benzene rings is 1. The summed E-state index contributed by atoms with van der Waals surface area (Å²) >= 11 is 0. The predicted molar refractivity (Wildman–Crippen MR) is 168 cm³/mol. The van der Waals surface area contributed by atoms with Crippen molar-refractivity contribution in [3.8, 4) is 0 Å². The number of amides is 4. The molecule has 3 unspecified atom stereocenters. The molecule has 3 saturated carbocycles. The van der Waals surface area contributed by atoms with Crippen LogP contribution in [0.25, 0.3) is 0 Å². The molecular formula is C34H46N6O5. The highest BCUT2D eigenvalue weighted by molar-refractivity contribution is 6.01. The Morgan fingerprint density at radius 3 is 2.38 bits per heavy atom. The maximum absolute atomic E-state index is 14.2. The van der Waals surface area contributed by atoms with Gasteiger partial charge in [-0.1, -0.05) is 38.3 Å². The van der Waals surface area contributed by atoms with Gasteiger partial charge in [0.2, 0.25) is 11.8 Å². The number of aromatic nitrogens is 2. The van der Waals surface area contributed by atoms with E-state index in [2.05, 4.69) is 28.0 Å². The summed E-state index contributed by atoms with van der Waals surface area (Å²) in [5.41, 5.74) is 0.682. The SMILES string of the molecule is COC(=O)N1CCC(C(=O)NC(C)C2CC2)(c2cccc(NC(=O)[C@@H](NC(=O)c3ccnn3C)C(C3CCC3)C3(C)CC3)c2)C1.